The molecular formula is C17H15ClF3NO3S. The molecule has 0 fully saturated rings. The first-order valence-corrected chi connectivity index (χ1v) is 9.32. The van der Waals surface area contributed by atoms with Gasteiger partial charge in [0.1, 0.15) is 5.25 Å². The molecule has 2 aromatic rings. The molecule has 1 atom stereocenters. The maximum atomic E-state index is 13.0. The molecule has 1 amide bonds. The zero-order chi connectivity index (χ0) is 19.7. The van der Waals surface area contributed by atoms with Gasteiger partial charge in [-0.1, -0.05) is 29.8 Å². The third-order valence-electron chi connectivity index (χ3n) is 3.86. The van der Waals surface area contributed by atoms with Crippen molar-refractivity contribution in [1.29, 1.82) is 0 Å². The number of sulfone groups is 1. The van der Waals surface area contributed by atoms with E-state index in [1.807, 2.05) is 0 Å². The molecule has 0 aliphatic heterocycles. The number of anilines is 1. The fraction of sp³-hybridized carbons (Fsp3) is 0.235. The van der Waals surface area contributed by atoms with E-state index in [4.69, 9.17) is 11.6 Å². The summed E-state index contributed by atoms with van der Waals surface area (Å²) in [6.07, 6.45) is -4.81. The van der Waals surface area contributed by atoms with Crippen molar-refractivity contribution in [2.24, 2.45) is 0 Å². The summed E-state index contributed by atoms with van der Waals surface area (Å²) in [5.74, 6) is -0.764. The molecule has 0 aromatic heterocycles. The molecule has 9 heteroatoms. The van der Waals surface area contributed by atoms with Crippen LogP contribution in [-0.4, -0.2) is 26.6 Å². The van der Waals surface area contributed by atoms with Crippen LogP contribution in [0.3, 0.4) is 0 Å². The minimum atomic E-state index is -4.81. The van der Waals surface area contributed by atoms with Gasteiger partial charge in [0, 0.05) is 12.7 Å². The summed E-state index contributed by atoms with van der Waals surface area (Å²) >= 11 is 5.51. The van der Waals surface area contributed by atoms with E-state index in [1.165, 1.54) is 7.05 Å². The van der Waals surface area contributed by atoms with Crippen molar-refractivity contribution < 1.29 is 26.4 Å². The lowest BCUT2D eigenvalue weighted by molar-refractivity contribution is -0.137. The molecule has 0 aliphatic carbocycles. The first-order chi connectivity index (χ1) is 12.0. The monoisotopic (exact) mass is 405 g/mol. The standard InChI is InChI=1S/C17H15ClF3NO3S/c1-11(16(23)22(2)12-6-4-3-5-7-12)26(24,25)13-8-9-15(18)14(10-13)17(19,20)21/h3-11H,1-2H3/t11-/m1/s1. The van der Waals surface area contributed by atoms with E-state index in [1.54, 1.807) is 30.3 Å². The predicted molar refractivity (Wildman–Crippen MR) is 93.0 cm³/mol. The van der Waals surface area contributed by atoms with Gasteiger partial charge in [0.2, 0.25) is 5.91 Å². The summed E-state index contributed by atoms with van der Waals surface area (Å²) < 4.78 is 64.2. The van der Waals surface area contributed by atoms with Gasteiger partial charge in [-0.05, 0) is 37.3 Å². The minimum absolute atomic E-state index is 0.448. The summed E-state index contributed by atoms with van der Waals surface area (Å²) in [5, 5.41) is -2.19. The second kappa shape index (κ2) is 7.28. The number of carbonyl (C=O) groups excluding carboxylic acids is 1. The van der Waals surface area contributed by atoms with E-state index in [2.05, 4.69) is 0 Å². The highest BCUT2D eigenvalue weighted by Crippen LogP contribution is 2.36. The Morgan fingerprint density at radius 2 is 1.69 bits per heavy atom. The van der Waals surface area contributed by atoms with Gasteiger partial charge >= 0.3 is 6.18 Å². The van der Waals surface area contributed by atoms with Crippen LogP contribution < -0.4 is 4.90 Å². The van der Waals surface area contributed by atoms with Crippen LogP contribution in [-0.2, 0) is 20.8 Å². The highest BCUT2D eigenvalue weighted by atomic mass is 35.5. The minimum Gasteiger partial charge on any atom is -0.314 e. The quantitative estimate of drug-likeness (QED) is 0.766. The number of halogens is 4. The fourth-order valence-electron chi connectivity index (χ4n) is 2.29. The molecule has 0 saturated carbocycles. The molecular weight excluding hydrogens is 391 g/mol. The summed E-state index contributed by atoms with van der Waals surface area (Å²) in [6, 6.07) is 10.6. The van der Waals surface area contributed by atoms with E-state index >= 15 is 0 Å². The number of nitrogens with zero attached hydrogens (tertiary/aromatic N) is 1. The zero-order valence-electron chi connectivity index (χ0n) is 13.8. The van der Waals surface area contributed by atoms with Crippen molar-refractivity contribution in [2.75, 3.05) is 11.9 Å². The van der Waals surface area contributed by atoms with Crippen LogP contribution in [0.2, 0.25) is 5.02 Å². The van der Waals surface area contributed by atoms with Crippen LogP contribution in [0.5, 0.6) is 0 Å². The number of rotatable bonds is 4. The number of alkyl halides is 3. The van der Waals surface area contributed by atoms with Crippen LogP contribution in [0, 0.1) is 0 Å². The topological polar surface area (TPSA) is 54.5 Å². The van der Waals surface area contributed by atoms with Gasteiger partial charge in [0.25, 0.3) is 0 Å². The molecule has 2 rings (SSSR count). The zero-order valence-corrected chi connectivity index (χ0v) is 15.4. The normalized spacial score (nSPS) is 13.3. The van der Waals surface area contributed by atoms with E-state index in [9.17, 15) is 26.4 Å². The number of benzene rings is 2. The molecule has 0 bridgehead atoms. The van der Waals surface area contributed by atoms with Crippen molar-refractivity contribution >= 4 is 33.0 Å². The molecule has 26 heavy (non-hydrogen) atoms. The number of para-hydroxylation sites is 1. The van der Waals surface area contributed by atoms with Crippen molar-refractivity contribution in [1.82, 2.24) is 0 Å². The highest BCUT2D eigenvalue weighted by molar-refractivity contribution is 7.92. The fourth-order valence-corrected chi connectivity index (χ4v) is 3.88. The van der Waals surface area contributed by atoms with Crippen molar-refractivity contribution in [3.63, 3.8) is 0 Å². The first kappa shape index (κ1) is 20.3. The lowest BCUT2D eigenvalue weighted by Gasteiger charge is -2.22. The van der Waals surface area contributed by atoms with Crippen molar-refractivity contribution in [3.05, 3.63) is 59.1 Å². The molecule has 2 aromatic carbocycles. The first-order valence-electron chi connectivity index (χ1n) is 7.39. The maximum Gasteiger partial charge on any atom is 0.417 e. The van der Waals surface area contributed by atoms with Gasteiger partial charge < -0.3 is 4.90 Å². The van der Waals surface area contributed by atoms with Gasteiger partial charge in [-0.15, -0.1) is 0 Å². The van der Waals surface area contributed by atoms with Gasteiger partial charge in [0.05, 0.1) is 15.5 Å². The highest BCUT2D eigenvalue weighted by Gasteiger charge is 2.37. The number of hydrogen-bond acceptors (Lipinski definition) is 3. The molecule has 140 valence electrons. The molecule has 4 nitrogen and oxygen atoms in total. The van der Waals surface area contributed by atoms with Crippen LogP contribution in [0.15, 0.2) is 53.4 Å². The Balaban J connectivity index is 2.39. The lowest BCUT2D eigenvalue weighted by Crippen LogP contribution is -2.39. The van der Waals surface area contributed by atoms with Crippen LogP contribution >= 0.6 is 11.6 Å². The third kappa shape index (κ3) is 4.02. The molecule has 0 spiro atoms. The molecule has 0 saturated heterocycles. The van der Waals surface area contributed by atoms with Crippen LogP contribution in [0.4, 0.5) is 18.9 Å². The van der Waals surface area contributed by atoms with Crippen LogP contribution in [0.1, 0.15) is 12.5 Å². The Morgan fingerprint density at radius 1 is 1.12 bits per heavy atom. The molecule has 0 heterocycles. The average molecular weight is 406 g/mol. The predicted octanol–water partition coefficient (Wildman–Crippen LogP) is 4.18. The Hall–Kier alpha value is -2.06. The van der Waals surface area contributed by atoms with Crippen LogP contribution in [0.25, 0.3) is 0 Å². The van der Waals surface area contributed by atoms with Gasteiger partial charge in [0.15, 0.2) is 9.84 Å². The lowest BCUT2D eigenvalue weighted by atomic mass is 10.2. The Bertz CT molecular complexity index is 915. The summed E-state index contributed by atoms with van der Waals surface area (Å²) in [7, 11) is -2.95. The summed E-state index contributed by atoms with van der Waals surface area (Å²) in [4.78, 5) is 13.0. The smallest absolute Gasteiger partial charge is 0.314 e. The molecule has 0 aliphatic rings. The van der Waals surface area contributed by atoms with Crippen molar-refractivity contribution in [2.45, 2.75) is 23.2 Å². The Kier molecular flexibility index (Phi) is 5.67. The summed E-state index contributed by atoms with van der Waals surface area (Å²) in [6.45, 7) is 1.14. The maximum absolute atomic E-state index is 13.0. The van der Waals surface area contributed by atoms with Crippen molar-refractivity contribution in [3.8, 4) is 0 Å². The molecule has 0 N–H and O–H groups in total. The average Bonchev–Trinajstić information content (AvgIpc) is 2.59. The van der Waals surface area contributed by atoms with Gasteiger partial charge in [-0.2, -0.15) is 13.2 Å². The second-order valence-corrected chi connectivity index (χ2v) is 8.24. The third-order valence-corrected chi connectivity index (χ3v) is 6.23. The second-order valence-electron chi connectivity index (χ2n) is 5.56. The van der Waals surface area contributed by atoms with Gasteiger partial charge in [-0.25, -0.2) is 8.42 Å². The van der Waals surface area contributed by atoms with E-state index < -0.39 is 42.7 Å². The van der Waals surface area contributed by atoms with E-state index in [-0.39, 0.29) is 0 Å². The Morgan fingerprint density at radius 3 is 2.23 bits per heavy atom. The molecule has 0 radical (unpaired) electrons. The van der Waals surface area contributed by atoms with E-state index in [0.717, 1.165) is 24.0 Å². The molecule has 0 unspecified atom stereocenters. The largest absolute Gasteiger partial charge is 0.417 e. The van der Waals surface area contributed by atoms with E-state index in [0.29, 0.717) is 11.8 Å². The number of hydrogen-bond donors (Lipinski definition) is 0. The summed E-state index contributed by atoms with van der Waals surface area (Å²) in [5.41, 5.74) is -0.803. The Labute approximate surface area is 154 Å². The van der Waals surface area contributed by atoms with Gasteiger partial charge in [-0.3, -0.25) is 4.79 Å². The number of amides is 1. The SMILES string of the molecule is C[C@H](C(=O)N(C)c1ccccc1)S(=O)(=O)c1ccc(Cl)c(C(F)(F)F)c1. The number of carbonyl (C=O) groups is 1.